The number of hydrogen-bond donors (Lipinski definition) is 2. The van der Waals surface area contributed by atoms with E-state index in [1.54, 1.807) is 6.92 Å². The molecule has 1 aliphatic carbocycles. The van der Waals surface area contributed by atoms with Crippen LogP contribution in [-0.4, -0.2) is 54.1 Å². The van der Waals surface area contributed by atoms with Crippen molar-refractivity contribution < 1.29 is 19.4 Å². The van der Waals surface area contributed by atoms with Crippen LogP contribution in [0.3, 0.4) is 0 Å². The molecule has 6 heteroatoms. The van der Waals surface area contributed by atoms with Crippen molar-refractivity contribution in [3.8, 4) is 0 Å². The first-order chi connectivity index (χ1) is 12.9. The molecule has 4 aliphatic rings. The number of anilines is 1. The summed E-state index contributed by atoms with van der Waals surface area (Å²) in [6, 6.07) is 8.14. The molecule has 0 aromatic heterocycles. The zero-order valence-electron chi connectivity index (χ0n) is 15.6. The van der Waals surface area contributed by atoms with Gasteiger partial charge in [-0.25, -0.2) is 4.79 Å². The predicted molar refractivity (Wildman–Crippen MR) is 99.1 cm³/mol. The standard InChI is InChI=1S/C21H24N2O4/c1-12(24)20-9-13(25)11-23-8-7-21(19(20)23)15-5-3-4-6-16(15)22-17(21)14(10-20)18(26)27-2/h3-6,12,19,22,24H,7-11H2,1-2H3. The molecule has 6 nitrogen and oxygen atoms in total. The zero-order chi connectivity index (χ0) is 19.0. The Labute approximate surface area is 158 Å². The van der Waals surface area contributed by atoms with Crippen LogP contribution in [0.1, 0.15) is 31.7 Å². The quantitative estimate of drug-likeness (QED) is 0.772. The fraction of sp³-hybridized carbons (Fsp3) is 0.524. The Bertz CT molecular complexity index is 892. The minimum absolute atomic E-state index is 0.0118. The molecule has 5 rings (SSSR count). The highest BCUT2D eigenvalue weighted by Gasteiger charge is 2.68. The van der Waals surface area contributed by atoms with Gasteiger partial charge in [0, 0.05) is 35.8 Å². The van der Waals surface area contributed by atoms with Crippen LogP contribution < -0.4 is 5.32 Å². The van der Waals surface area contributed by atoms with E-state index >= 15 is 0 Å². The number of Topliss-reactive ketones (excluding diaryl/α,β-unsaturated/α-hetero) is 1. The molecule has 1 aromatic carbocycles. The molecule has 3 aliphatic heterocycles. The van der Waals surface area contributed by atoms with Crippen LogP contribution in [0.25, 0.3) is 0 Å². The lowest BCUT2D eigenvalue weighted by Gasteiger charge is -2.56. The second-order valence-corrected chi connectivity index (χ2v) is 8.41. The Morgan fingerprint density at radius 1 is 1.37 bits per heavy atom. The first-order valence-corrected chi connectivity index (χ1v) is 9.56. The van der Waals surface area contributed by atoms with Gasteiger partial charge in [0.15, 0.2) is 0 Å². The normalized spacial score (nSPS) is 35.2. The monoisotopic (exact) mass is 368 g/mol. The molecular weight excluding hydrogens is 344 g/mol. The van der Waals surface area contributed by atoms with E-state index in [0.717, 1.165) is 29.9 Å². The number of nitrogens with one attached hydrogen (secondary N) is 1. The number of piperidine rings is 1. The van der Waals surface area contributed by atoms with Crippen molar-refractivity contribution in [3.63, 3.8) is 0 Å². The van der Waals surface area contributed by atoms with Gasteiger partial charge in [0.1, 0.15) is 5.78 Å². The number of carbonyl (C=O) groups excluding carboxylic acids is 2. The van der Waals surface area contributed by atoms with Gasteiger partial charge in [0.2, 0.25) is 0 Å². The number of benzene rings is 1. The molecule has 27 heavy (non-hydrogen) atoms. The molecule has 0 bridgehead atoms. The van der Waals surface area contributed by atoms with E-state index in [2.05, 4.69) is 16.3 Å². The maximum atomic E-state index is 12.8. The number of ether oxygens (including phenoxy) is 1. The second kappa shape index (κ2) is 5.42. The van der Waals surface area contributed by atoms with Gasteiger partial charge in [0.25, 0.3) is 0 Å². The lowest BCUT2D eigenvalue weighted by atomic mass is 9.52. The fourth-order valence-corrected chi connectivity index (χ4v) is 6.32. The molecule has 4 atom stereocenters. The second-order valence-electron chi connectivity index (χ2n) is 8.41. The zero-order valence-corrected chi connectivity index (χ0v) is 15.6. The summed E-state index contributed by atoms with van der Waals surface area (Å²) < 4.78 is 5.11. The van der Waals surface area contributed by atoms with Gasteiger partial charge in [-0.1, -0.05) is 18.2 Å². The minimum atomic E-state index is -0.710. The summed E-state index contributed by atoms with van der Waals surface area (Å²) in [5.74, 6) is -0.240. The van der Waals surface area contributed by atoms with Crippen molar-refractivity contribution in [3.05, 3.63) is 41.1 Å². The molecule has 0 radical (unpaired) electrons. The van der Waals surface area contributed by atoms with Gasteiger partial charge in [-0.15, -0.1) is 0 Å². The van der Waals surface area contributed by atoms with E-state index in [0.29, 0.717) is 25.0 Å². The molecule has 3 heterocycles. The number of fused-ring (bicyclic) bond motifs is 1. The number of aliphatic hydroxyl groups excluding tert-OH is 1. The number of nitrogens with zero attached hydrogens (tertiary/aromatic N) is 1. The maximum absolute atomic E-state index is 12.8. The van der Waals surface area contributed by atoms with Crippen LogP contribution in [0.4, 0.5) is 5.69 Å². The number of aliphatic hydroxyl groups is 1. The highest BCUT2D eigenvalue weighted by atomic mass is 16.5. The molecule has 142 valence electrons. The largest absolute Gasteiger partial charge is 0.466 e. The number of methoxy groups -OCH3 is 1. The van der Waals surface area contributed by atoms with Crippen molar-refractivity contribution in [2.75, 3.05) is 25.5 Å². The van der Waals surface area contributed by atoms with Crippen LogP contribution in [0, 0.1) is 5.41 Å². The SMILES string of the molecule is COC(=O)C1=C2Nc3ccccc3C23CCN2CC(=O)CC(C(C)O)(C1)C23. The fourth-order valence-electron chi connectivity index (χ4n) is 6.32. The van der Waals surface area contributed by atoms with Crippen molar-refractivity contribution >= 4 is 17.4 Å². The van der Waals surface area contributed by atoms with Gasteiger partial charge in [0.05, 0.1) is 30.7 Å². The summed E-state index contributed by atoms with van der Waals surface area (Å²) in [5.41, 5.74) is 2.56. The van der Waals surface area contributed by atoms with E-state index in [1.807, 2.05) is 18.2 Å². The topological polar surface area (TPSA) is 78.9 Å². The number of rotatable bonds is 2. The van der Waals surface area contributed by atoms with Crippen LogP contribution >= 0.6 is 0 Å². The Hall–Kier alpha value is -2.18. The molecule has 1 spiro atoms. The summed E-state index contributed by atoms with van der Waals surface area (Å²) in [7, 11) is 1.39. The number of esters is 1. The summed E-state index contributed by atoms with van der Waals surface area (Å²) in [4.78, 5) is 27.6. The molecular formula is C21H24N2O4. The van der Waals surface area contributed by atoms with Crippen LogP contribution in [0.2, 0.25) is 0 Å². The van der Waals surface area contributed by atoms with Crippen molar-refractivity contribution in [1.82, 2.24) is 4.90 Å². The van der Waals surface area contributed by atoms with Gasteiger partial charge in [-0.05, 0) is 31.4 Å². The highest BCUT2D eigenvalue weighted by molar-refractivity contribution is 5.94. The first kappa shape index (κ1) is 17.0. The summed E-state index contributed by atoms with van der Waals surface area (Å²) in [6.45, 7) is 2.96. The Balaban J connectivity index is 1.83. The third-order valence-electron chi connectivity index (χ3n) is 7.26. The Morgan fingerprint density at radius 2 is 2.15 bits per heavy atom. The van der Waals surface area contributed by atoms with Crippen LogP contribution in [0.5, 0.6) is 0 Å². The van der Waals surface area contributed by atoms with Crippen molar-refractivity contribution in [2.45, 2.75) is 43.7 Å². The minimum Gasteiger partial charge on any atom is -0.466 e. The number of ketones is 1. The van der Waals surface area contributed by atoms with Crippen LogP contribution in [-0.2, 0) is 19.7 Å². The van der Waals surface area contributed by atoms with Gasteiger partial charge in [-0.3, -0.25) is 9.69 Å². The molecule has 0 amide bonds. The third kappa shape index (κ3) is 1.92. The molecule has 4 unspecified atom stereocenters. The van der Waals surface area contributed by atoms with E-state index in [-0.39, 0.29) is 17.8 Å². The molecule has 0 saturated carbocycles. The smallest absolute Gasteiger partial charge is 0.335 e. The van der Waals surface area contributed by atoms with E-state index in [1.165, 1.54) is 7.11 Å². The summed E-state index contributed by atoms with van der Waals surface area (Å²) in [6.07, 6.45) is 0.753. The number of hydrogen-bond acceptors (Lipinski definition) is 6. The van der Waals surface area contributed by atoms with Gasteiger partial charge in [-0.2, -0.15) is 0 Å². The van der Waals surface area contributed by atoms with Crippen molar-refractivity contribution in [2.24, 2.45) is 5.41 Å². The summed E-state index contributed by atoms with van der Waals surface area (Å²) in [5, 5.41) is 14.4. The number of para-hydroxylation sites is 1. The maximum Gasteiger partial charge on any atom is 0.335 e. The molecule has 2 fully saturated rings. The van der Waals surface area contributed by atoms with Gasteiger partial charge >= 0.3 is 5.97 Å². The lowest BCUT2D eigenvalue weighted by molar-refractivity contribution is -0.144. The molecule has 2 saturated heterocycles. The number of carbonyl (C=O) groups is 2. The average Bonchev–Trinajstić information content (AvgIpc) is 3.20. The lowest BCUT2D eigenvalue weighted by Crippen LogP contribution is -2.65. The average molecular weight is 368 g/mol. The third-order valence-corrected chi connectivity index (χ3v) is 7.26. The van der Waals surface area contributed by atoms with Crippen molar-refractivity contribution in [1.29, 1.82) is 0 Å². The van der Waals surface area contributed by atoms with E-state index in [9.17, 15) is 14.7 Å². The van der Waals surface area contributed by atoms with E-state index < -0.39 is 16.9 Å². The summed E-state index contributed by atoms with van der Waals surface area (Å²) >= 11 is 0. The van der Waals surface area contributed by atoms with Gasteiger partial charge < -0.3 is 15.2 Å². The van der Waals surface area contributed by atoms with Crippen LogP contribution in [0.15, 0.2) is 35.5 Å². The Morgan fingerprint density at radius 3 is 2.89 bits per heavy atom. The molecule has 1 aromatic rings. The van der Waals surface area contributed by atoms with E-state index in [4.69, 9.17) is 4.74 Å². The molecule has 2 N–H and O–H groups in total. The first-order valence-electron chi connectivity index (χ1n) is 9.56. The predicted octanol–water partition coefficient (Wildman–Crippen LogP) is 1.59. The Kier molecular flexibility index (Phi) is 3.41. The highest BCUT2D eigenvalue weighted by Crippen LogP contribution is 2.64.